The van der Waals surface area contributed by atoms with Crippen molar-refractivity contribution in [3.05, 3.63) is 66.2 Å². The first-order valence-electron chi connectivity index (χ1n) is 14.2. The fourth-order valence-electron chi connectivity index (χ4n) is 3.92. The molecule has 1 atom stereocenters. The van der Waals surface area contributed by atoms with E-state index in [1.54, 1.807) is 6.07 Å². The third-order valence-electron chi connectivity index (χ3n) is 6.63. The van der Waals surface area contributed by atoms with Gasteiger partial charge in [0, 0.05) is 11.6 Å². The van der Waals surface area contributed by atoms with E-state index in [9.17, 15) is 9.18 Å². The van der Waals surface area contributed by atoms with Crippen molar-refractivity contribution in [2.75, 3.05) is 13.2 Å². The van der Waals surface area contributed by atoms with Crippen LogP contribution in [0.1, 0.15) is 88.9 Å². The minimum absolute atomic E-state index is 0.00771. The van der Waals surface area contributed by atoms with E-state index in [1.807, 2.05) is 24.3 Å². The summed E-state index contributed by atoms with van der Waals surface area (Å²) in [5.41, 5.74) is 1.28. The van der Waals surface area contributed by atoms with Gasteiger partial charge in [0.05, 0.1) is 36.9 Å². The van der Waals surface area contributed by atoms with Gasteiger partial charge in [-0.05, 0) is 48.7 Å². The van der Waals surface area contributed by atoms with Crippen molar-refractivity contribution in [2.24, 2.45) is 5.92 Å². The molecule has 3 aromatic rings. The Bertz CT molecular complexity index is 1140. The molecule has 0 fully saturated rings. The number of unbranched alkanes of at least 4 members (excludes halogenated alkanes) is 7. The monoisotopic (exact) mass is 536 g/mol. The van der Waals surface area contributed by atoms with Gasteiger partial charge in [-0.3, -0.25) is 0 Å². The molecular weight excluding hydrogens is 495 g/mol. The molecule has 0 aliphatic heterocycles. The number of esters is 1. The molecule has 3 rings (SSSR count). The Balaban J connectivity index is 1.45. The van der Waals surface area contributed by atoms with E-state index >= 15 is 0 Å². The lowest BCUT2D eigenvalue weighted by Gasteiger charge is -2.11. The van der Waals surface area contributed by atoms with Crippen LogP contribution in [0.15, 0.2) is 54.9 Å². The van der Waals surface area contributed by atoms with Gasteiger partial charge in [0.1, 0.15) is 17.3 Å². The van der Waals surface area contributed by atoms with E-state index in [1.165, 1.54) is 63.1 Å². The zero-order chi connectivity index (χ0) is 27.9. The van der Waals surface area contributed by atoms with Crippen molar-refractivity contribution >= 4 is 5.97 Å². The van der Waals surface area contributed by atoms with Crippen LogP contribution in [0.3, 0.4) is 0 Å². The third-order valence-corrected chi connectivity index (χ3v) is 6.63. The van der Waals surface area contributed by atoms with Crippen LogP contribution in [0.2, 0.25) is 0 Å². The zero-order valence-corrected chi connectivity index (χ0v) is 23.5. The molecule has 2 aromatic carbocycles. The van der Waals surface area contributed by atoms with Crippen LogP contribution in [0.25, 0.3) is 11.3 Å². The maximum atomic E-state index is 14.6. The number of ether oxygens (including phenoxy) is 3. The molecule has 0 aliphatic carbocycles. The lowest BCUT2D eigenvalue weighted by molar-refractivity contribution is 0.0722. The summed E-state index contributed by atoms with van der Waals surface area (Å²) in [6.45, 7) is 7.70. The molecule has 0 radical (unpaired) electrons. The normalized spacial score (nSPS) is 11.7. The number of carbonyl (C=O) groups excluding carboxylic acids is 1. The summed E-state index contributed by atoms with van der Waals surface area (Å²) >= 11 is 0. The number of nitrogens with zero attached hydrogens (tertiary/aromatic N) is 2. The summed E-state index contributed by atoms with van der Waals surface area (Å²) in [7, 11) is 0. The molecule has 6 nitrogen and oxygen atoms in total. The van der Waals surface area contributed by atoms with E-state index < -0.39 is 11.8 Å². The van der Waals surface area contributed by atoms with Gasteiger partial charge in [0.15, 0.2) is 0 Å². The Hall–Kier alpha value is -3.48. The van der Waals surface area contributed by atoms with E-state index in [0.717, 1.165) is 30.6 Å². The number of aromatic nitrogens is 2. The Kier molecular flexibility index (Phi) is 12.7. The molecule has 0 saturated carbocycles. The van der Waals surface area contributed by atoms with Crippen molar-refractivity contribution in [1.82, 2.24) is 9.97 Å². The maximum absolute atomic E-state index is 14.6. The molecule has 1 aromatic heterocycles. The molecule has 1 heterocycles. The Labute approximate surface area is 231 Å². The third kappa shape index (κ3) is 10.3. The predicted octanol–water partition coefficient (Wildman–Crippen LogP) is 8.45. The zero-order valence-electron chi connectivity index (χ0n) is 23.5. The Morgan fingerprint density at radius 1 is 0.846 bits per heavy atom. The molecule has 0 saturated heterocycles. The fourth-order valence-corrected chi connectivity index (χ4v) is 3.92. The highest BCUT2D eigenvalue weighted by atomic mass is 19.1. The second-order valence-electron chi connectivity index (χ2n) is 9.94. The van der Waals surface area contributed by atoms with E-state index in [0.29, 0.717) is 30.6 Å². The molecule has 210 valence electrons. The largest absolute Gasteiger partial charge is 0.493 e. The number of hydrogen-bond acceptors (Lipinski definition) is 6. The predicted molar refractivity (Wildman–Crippen MR) is 152 cm³/mol. The average molecular weight is 537 g/mol. The van der Waals surface area contributed by atoms with Crippen molar-refractivity contribution in [3.63, 3.8) is 0 Å². The molecule has 0 N–H and O–H groups in total. The summed E-state index contributed by atoms with van der Waals surface area (Å²) in [6, 6.07) is 11.7. The summed E-state index contributed by atoms with van der Waals surface area (Å²) in [5.74, 6) is 0.138. The van der Waals surface area contributed by atoms with Crippen molar-refractivity contribution in [3.8, 4) is 28.6 Å². The van der Waals surface area contributed by atoms with Crippen molar-refractivity contribution < 1.29 is 23.4 Å². The number of hydrogen-bond donors (Lipinski definition) is 0. The molecule has 39 heavy (non-hydrogen) atoms. The van der Waals surface area contributed by atoms with Gasteiger partial charge in [-0.15, -0.1) is 0 Å². The van der Waals surface area contributed by atoms with Crippen LogP contribution in [-0.2, 0) is 0 Å². The standard InChI is InChI=1S/C32H41FN2O4/c1-4-6-7-8-9-10-11-12-19-37-27-17-18-28(29(33)20-27)32(36)39-31-22-34-30(21-35-31)25-13-15-26(16-14-25)38-23-24(3)5-2/h13-18,20-22,24H,4-12,19,23H2,1-3H3. The Morgan fingerprint density at radius 2 is 1.54 bits per heavy atom. The molecule has 0 aliphatic rings. The van der Waals surface area contributed by atoms with Gasteiger partial charge < -0.3 is 14.2 Å². The lowest BCUT2D eigenvalue weighted by atomic mass is 10.1. The quantitative estimate of drug-likeness (QED) is 0.127. The van der Waals surface area contributed by atoms with E-state index in [-0.39, 0.29) is 11.4 Å². The van der Waals surface area contributed by atoms with Crippen molar-refractivity contribution in [2.45, 2.75) is 78.6 Å². The molecule has 0 spiro atoms. The van der Waals surface area contributed by atoms with E-state index in [4.69, 9.17) is 14.2 Å². The smallest absolute Gasteiger partial charge is 0.347 e. The summed E-state index contributed by atoms with van der Waals surface area (Å²) in [4.78, 5) is 21.0. The van der Waals surface area contributed by atoms with Gasteiger partial charge in [-0.1, -0.05) is 72.1 Å². The average Bonchev–Trinajstić information content (AvgIpc) is 2.95. The molecule has 1 unspecified atom stereocenters. The number of rotatable bonds is 17. The van der Waals surface area contributed by atoms with Gasteiger partial charge in [-0.2, -0.15) is 0 Å². The number of halogens is 1. The molecule has 7 heteroatoms. The molecule has 0 amide bonds. The first kappa shape index (κ1) is 30.1. The first-order valence-corrected chi connectivity index (χ1v) is 14.2. The highest BCUT2D eigenvalue weighted by Gasteiger charge is 2.16. The van der Waals surface area contributed by atoms with Crippen LogP contribution in [0, 0.1) is 11.7 Å². The van der Waals surface area contributed by atoms with Gasteiger partial charge in [0.2, 0.25) is 5.88 Å². The SMILES string of the molecule is CCCCCCCCCCOc1ccc(C(=O)Oc2cnc(-c3ccc(OCC(C)CC)cc3)cn2)c(F)c1. The fraction of sp³-hybridized carbons (Fsp3) is 0.469. The minimum Gasteiger partial charge on any atom is -0.493 e. The lowest BCUT2D eigenvalue weighted by Crippen LogP contribution is -2.12. The first-order chi connectivity index (χ1) is 19.0. The second-order valence-corrected chi connectivity index (χ2v) is 9.94. The molecule has 0 bridgehead atoms. The van der Waals surface area contributed by atoms with Gasteiger partial charge in [0.25, 0.3) is 0 Å². The van der Waals surface area contributed by atoms with Gasteiger partial charge >= 0.3 is 5.97 Å². The summed E-state index contributed by atoms with van der Waals surface area (Å²) in [5, 5.41) is 0. The molecular formula is C32H41FN2O4. The second kappa shape index (κ2) is 16.5. The van der Waals surface area contributed by atoms with Crippen LogP contribution < -0.4 is 14.2 Å². The van der Waals surface area contributed by atoms with Crippen LogP contribution in [-0.4, -0.2) is 29.2 Å². The van der Waals surface area contributed by atoms with E-state index in [2.05, 4.69) is 30.7 Å². The maximum Gasteiger partial charge on any atom is 0.347 e. The summed E-state index contributed by atoms with van der Waals surface area (Å²) < 4.78 is 31.3. The van der Waals surface area contributed by atoms with Crippen LogP contribution >= 0.6 is 0 Å². The number of benzene rings is 2. The van der Waals surface area contributed by atoms with Crippen LogP contribution in [0.4, 0.5) is 4.39 Å². The minimum atomic E-state index is -0.841. The Morgan fingerprint density at radius 3 is 2.18 bits per heavy atom. The van der Waals surface area contributed by atoms with Crippen LogP contribution in [0.5, 0.6) is 17.4 Å². The number of carbonyl (C=O) groups is 1. The van der Waals surface area contributed by atoms with Gasteiger partial charge in [-0.25, -0.2) is 19.2 Å². The highest BCUT2D eigenvalue weighted by molar-refractivity contribution is 5.91. The highest BCUT2D eigenvalue weighted by Crippen LogP contribution is 2.23. The topological polar surface area (TPSA) is 70.5 Å². The van der Waals surface area contributed by atoms with Crippen molar-refractivity contribution in [1.29, 1.82) is 0 Å². The summed E-state index contributed by atoms with van der Waals surface area (Å²) in [6.07, 6.45) is 13.5.